The number of aromatic nitrogens is 2. The van der Waals surface area contributed by atoms with E-state index in [0.29, 0.717) is 5.52 Å². The van der Waals surface area contributed by atoms with Crippen molar-refractivity contribution in [2.45, 2.75) is 0 Å². The van der Waals surface area contributed by atoms with Crippen molar-refractivity contribution in [3.63, 3.8) is 0 Å². The summed E-state index contributed by atoms with van der Waals surface area (Å²) in [5.41, 5.74) is 8.71. The van der Waals surface area contributed by atoms with E-state index in [0.717, 1.165) is 22.2 Å². The average molecular weight is 670 g/mol. The number of benzene rings is 4. The van der Waals surface area contributed by atoms with E-state index < -0.39 is 5.97 Å². The first-order chi connectivity index (χ1) is 18.2. The van der Waals surface area contributed by atoms with E-state index in [4.69, 9.17) is 10.1 Å². The molecule has 4 aromatic carbocycles. The number of aromatic carboxylic acids is 1. The van der Waals surface area contributed by atoms with Gasteiger partial charge in [0.15, 0.2) is 0 Å². The van der Waals surface area contributed by atoms with Crippen molar-refractivity contribution in [3.05, 3.63) is 132 Å². The number of rotatable bonds is 3. The summed E-state index contributed by atoms with van der Waals surface area (Å²) in [5, 5.41) is 10.9. The molecule has 0 amide bonds. The summed E-state index contributed by atoms with van der Waals surface area (Å²) in [5.74, 6) is -0.995. The van der Waals surface area contributed by atoms with Gasteiger partial charge in [-0.15, -0.1) is 29.8 Å². The van der Waals surface area contributed by atoms with Crippen molar-refractivity contribution < 1.29 is 30.0 Å². The molecule has 1 aliphatic rings. The summed E-state index contributed by atoms with van der Waals surface area (Å²) in [6.07, 6.45) is 4.33. The van der Waals surface area contributed by atoms with E-state index in [9.17, 15) is 4.79 Å². The molecule has 0 bridgehead atoms. The summed E-state index contributed by atoms with van der Waals surface area (Å²) in [4.78, 5) is 19.4. The van der Waals surface area contributed by atoms with Crippen LogP contribution in [0, 0.1) is 6.07 Å². The summed E-state index contributed by atoms with van der Waals surface area (Å²) in [6, 6.07) is 39.2. The Labute approximate surface area is 233 Å². The minimum absolute atomic E-state index is 0. The molecule has 1 radical (unpaired) electrons. The SMILES string of the molecule is O=C(O)c1ccc2ccccc2n1.[Ir].[c-]1cc(-c2ccccc2)ccc1-c1cc2c3c(cccc3n1)C=C2. The summed E-state index contributed by atoms with van der Waals surface area (Å²) >= 11 is 0. The molecular formula is C33H21IrN2O2-. The summed E-state index contributed by atoms with van der Waals surface area (Å²) in [7, 11) is 0. The number of pyridine rings is 2. The molecule has 1 N–H and O–H groups in total. The van der Waals surface area contributed by atoms with Crippen LogP contribution in [0.5, 0.6) is 0 Å². The van der Waals surface area contributed by atoms with E-state index in [1.165, 1.54) is 33.7 Å². The van der Waals surface area contributed by atoms with Crippen LogP contribution in [-0.2, 0) is 20.1 Å². The maximum absolute atomic E-state index is 10.6. The molecule has 0 unspecified atom stereocenters. The van der Waals surface area contributed by atoms with Gasteiger partial charge in [0.05, 0.1) is 11.0 Å². The van der Waals surface area contributed by atoms with Gasteiger partial charge < -0.3 is 5.11 Å². The van der Waals surface area contributed by atoms with Gasteiger partial charge in [0.2, 0.25) is 0 Å². The standard InChI is InChI=1S/C23H14N.C10H7NO2.Ir/c1-2-5-16(6-3-1)17-9-11-18(12-10-17)22-15-20-14-13-19-7-4-8-21(24-22)23(19)20;12-10(13)9-6-5-7-3-1-2-4-8(7)11-9;/h1-11,13-15H;1-6H,(H,12,13);/q-1;;. The Morgan fingerprint density at radius 3 is 2.24 bits per heavy atom. The normalized spacial score (nSPS) is 11.1. The topological polar surface area (TPSA) is 63.1 Å². The minimum atomic E-state index is -0.995. The fourth-order valence-corrected chi connectivity index (χ4v) is 4.51. The van der Waals surface area contributed by atoms with Crippen LogP contribution < -0.4 is 0 Å². The van der Waals surface area contributed by atoms with Crippen LogP contribution in [0.3, 0.4) is 0 Å². The molecule has 0 aliphatic heterocycles. The largest absolute Gasteiger partial charge is 0.477 e. The van der Waals surface area contributed by atoms with E-state index in [2.05, 4.69) is 83.9 Å². The Balaban J connectivity index is 0.000000179. The number of hydrogen-bond donors (Lipinski definition) is 1. The van der Waals surface area contributed by atoms with Gasteiger partial charge in [-0.25, -0.2) is 9.78 Å². The smallest absolute Gasteiger partial charge is 0.354 e. The van der Waals surface area contributed by atoms with Crippen molar-refractivity contribution in [3.8, 4) is 22.4 Å². The fourth-order valence-electron chi connectivity index (χ4n) is 4.51. The molecular weight excluding hydrogens is 649 g/mol. The molecule has 0 atom stereocenters. The number of carboxylic acid groups (broad SMARTS) is 1. The summed E-state index contributed by atoms with van der Waals surface area (Å²) in [6.45, 7) is 0. The van der Waals surface area contributed by atoms with Gasteiger partial charge in [-0.3, -0.25) is 4.98 Å². The molecule has 0 saturated carbocycles. The molecule has 185 valence electrons. The third-order valence-electron chi connectivity index (χ3n) is 6.35. The van der Waals surface area contributed by atoms with Gasteiger partial charge in [0, 0.05) is 30.9 Å². The second-order valence-electron chi connectivity index (χ2n) is 8.72. The Hall–Kier alpha value is -4.44. The number of carboxylic acids is 1. The van der Waals surface area contributed by atoms with Crippen LogP contribution in [0.25, 0.3) is 56.3 Å². The molecule has 2 aromatic heterocycles. The van der Waals surface area contributed by atoms with Gasteiger partial charge in [-0.2, -0.15) is 0 Å². The molecule has 38 heavy (non-hydrogen) atoms. The van der Waals surface area contributed by atoms with Crippen molar-refractivity contribution in [1.82, 2.24) is 9.97 Å². The maximum Gasteiger partial charge on any atom is 0.354 e. The first-order valence-corrected chi connectivity index (χ1v) is 11.9. The zero-order valence-electron chi connectivity index (χ0n) is 20.1. The van der Waals surface area contributed by atoms with Gasteiger partial charge in [-0.05, 0) is 35.0 Å². The Kier molecular flexibility index (Phi) is 7.23. The van der Waals surface area contributed by atoms with Crippen LogP contribution >= 0.6 is 0 Å². The molecule has 4 nitrogen and oxygen atoms in total. The molecule has 5 heteroatoms. The molecule has 0 fully saturated rings. The second-order valence-corrected chi connectivity index (χ2v) is 8.72. The van der Waals surface area contributed by atoms with Crippen molar-refractivity contribution in [2.24, 2.45) is 0 Å². The van der Waals surface area contributed by atoms with E-state index in [1.807, 2.05) is 30.3 Å². The zero-order chi connectivity index (χ0) is 25.2. The quantitative estimate of drug-likeness (QED) is 0.195. The van der Waals surface area contributed by atoms with Gasteiger partial charge in [-0.1, -0.05) is 96.1 Å². The Bertz CT molecular complexity index is 1800. The Morgan fingerprint density at radius 1 is 0.684 bits per heavy atom. The van der Waals surface area contributed by atoms with Crippen molar-refractivity contribution in [2.75, 3.05) is 0 Å². The van der Waals surface area contributed by atoms with Crippen LogP contribution in [0.15, 0.2) is 109 Å². The molecule has 2 heterocycles. The van der Waals surface area contributed by atoms with Gasteiger partial charge in [0.1, 0.15) is 5.69 Å². The summed E-state index contributed by atoms with van der Waals surface area (Å²) < 4.78 is 0. The molecule has 1 aliphatic carbocycles. The van der Waals surface area contributed by atoms with E-state index in [1.54, 1.807) is 12.1 Å². The third-order valence-corrected chi connectivity index (χ3v) is 6.35. The molecule has 0 saturated heterocycles. The van der Waals surface area contributed by atoms with Crippen molar-refractivity contribution >= 4 is 39.9 Å². The number of nitrogens with zero attached hydrogens (tertiary/aromatic N) is 2. The monoisotopic (exact) mass is 670 g/mol. The van der Waals surface area contributed by atoms with E-state index >= 15 is 0 Å². The Morgan fingerprint density at radius 2 is 1.45 bits per heavy atom. The number of carbonyl (C=O) groups is 1. The van der Waals surface area contributed by atoms with Crippen LogP contribution in [0.1, 0.15) is 21.6 Å². The first-order valence-electron chi connectivity index (χ1n) is 11.9. The maximum atomic E-state index is 10.6. The second kappa shape index (κ2) is 10.9. The first kappa shape index (κ1) is 25.2. The number of fused-ring (bicyclic) bond motifs is 1. The predicted octanol–water partition coefficient (Wildman–Crippen LogP) is 7.78. The van der Waals surface area contributed by atoms with E-state index in [-0.39, 0.29) is 25.8 Å². The third kappa shape index (κ3) is 5.03. The van der Waals surface area contributed by atoms with Crippen LogP contribution in [0.4, 0.5) is 0 Å². The number of para-hydroxylation sites is 1. The molecule has 7 rings (SSSR count). The zero-order valence-corrected chi connectivity index (χ0v) is 22.5. The van der Waals surface area contributed by atoms with Crippen LogP contribution in [-0.4, -0.2) is 21.0 Å². The molecule has 6 aromatic rings. The van der Waals surface area contributed by atoms with Gasteiger partial charge in [0.25, 0.3) is 0 Å². The molecule has 0 spiro atoms. The predicted molar refractivity (Wildman–Crippen MR) is 149 cm³/mol. The fraction of sp³-hybridized carbons (Fsp3) is 0. The van der Waals surface area contributed by atoms with Crippen molar-refractivity contribution in [1.29, 1.82) is 0 Å². The van der Waals surface area contributed by atoms with Crippen LogP contribution in [0.2, 0.25) is 0 Å². The average Bonchev–Trinajstić information content (AvgIpc) is 3.38. The minimum Gasteiger partial charge on any atom is -0.477 e. The number of hydrogen-bond acceptors (Lipinski definition) is 3. The van der Waals surface area contributed by atoms with Gasteiger partial charge >= 0.3 is 5.97 Å².